The summed E-state index contributed by atoms with van der Waals surface area (Å²) in [5, 5.41) is 15.3. The van der Waals surface area contributed by atoms with Crippen LogP contribution < -0.4 is 5.32 Å². The Kier molecular flexibility index (Phi) is 5.35. The molecule has 0 aliphatic carbocycles. The van der Waals surface area contributed by atoms with Crippen LogP contribution in [0.5, 0.6) is 0 Å². The third-order valence-electron chi connectivity index (χ3n) is 5.35. The van der Waals surface area contributed by atoms with Crippen molar-refractivity contribution in [1.29, 1.82) is 0 Å². The van der Waals surface area contributed by atoms with E-state index in [1.54, 1.807) is 0 Å². The van der Waals surface area contributed by atoms with Crippen molar-refractivity contribution in [3.05, 3.63) is 108 Å². The summed E-state index contributed by atoms with van der Waals surface area (Å²) in [6.45, 7) is 1.33. The van der Waals surface area contributed by atoms with Crippen LogP contribution >= 0.6 is 0 Å². The van der Waals surface area contributed by atoms with Gasteiger partial charge in [0, 0.05) is 12.6 Å². The van der Waals surface area contributed by atoms with E-state index in [2.05, 4.69) is 17.4 Å². The molecular formula is C24H25NO2. The predicted molar refractivity (Wildman–Crippen MR) is 107 cm³/mol. The third-order valence-corrected chi connectivity index (χ3v) is 5.35. The zero-order valence-corrected chi connectivity index (χ0v) is 15.3. The van der Waals surface area contributed by atoms with Gasteiger partial charge >= 0.3 is 0 Å². The van der Waals surface area contributed by atoms with E-state index in [9.17, 15) is 5.11 Å². The zero-order chi connectivity index (χ0) is 18.5. The molecule has 3 aromatic rings. The molecule has 0 amide bonds. The Morgan fingerprint density at radius 1 is 0.815 bits per heavy atom. The second-order valence-electron chi connectivity index (χ2n) is 7.11. The number of benzene rings is 3. The molecule has 1 aliphatic heterocycles. The first-order valence-electron chi connectivity index (χ1n) is 9.49. The third kappa shape index (κ3) is 3.81. The topological polar surface area (TPSA) is 41.5 Å². The Bertz CT molecular complexity index is 797. The molecule has 3 heteroatoms. The normalized spacial score (nSPS) is 19.9. The highest BCUT2D eigenvalue weighted by molar-refractivity contribution is 5.38. The van der Waals surface area contributed by atoms with Gasteiger partial charge in [0.05, 0.1) is 12.7 Å². The average molecular weight is 359 g/mol. The number of aliphatic hydroxyl groups is 1. The molecule has 0 aromatic heterocycles. The molecule has 1 heterocycles. The molecule has 0 radical (unpaired) electrons. The maximum Gasteiger partial charge on any atom is 0.130 e. The lowest BCUT2D eigenvalue weighted by Gasteiger charge is -2.35. The highest BCUT2D eigenvalue weighted by atomic mass is 16.5. The smallest absolute Gasteiger partial charge is 0.130 e. The molecule has 0 spiro atoms. The Balaban J connectivity index is 1.53. The minimum atomic E-state index is -1.09. The van der Waals surface area contributed by atoms with E-state index in [0.717, 1.165) is 24.1 Å². The molecule has 27 heavy (non-hydrogen) atoms. The Labute approximate surface area is 160 Å². The summed E-state index contributed by atoms with van der Waals surface area (Å²) in [6.07, 6.45) is 0.835. The van der Waals surface area contributed by atoms with Gasteiger partial charge in [-0.05, 0) is 23.1 Å². The lowest BCUT2D eigenvalue weighted by atomic mass is 9.79. The van der Waals surface area contributed by atoms with E-state index >= 15 is 0 Å². The second-order valence-corrected chi connectivity index (χ2v) is 7.11. The van der Waals surface area contributed by atoms with Gasteiger partial charge in [-0.3, -0.25) is 0 Å². The van der Waals surface area contributed by atoms with Crippen molar-refractivity contribution in [3.63, 3.8) is 0 Å². The van der Waals surface area contributed by atoms with E-state index < -0.39 is 5.60 Å². The first kappa shape index (κ1) is 17.9. The Hall–Kier alpha value is -2.46. The highest BCUT2D eigenvalue weighted by Gasteiger charge is 2.44. The van der Waals surface area contributed by atoms with E-state index in [-0.39, 0.29) is 12.1 Å². The van der Waals surface area contributed by atoms with Crippen molar-refractivity contribution in [2.45, 2.75) is 30.8 Å². The minimum absolute atomic E-state index is 0.0779. The predicted octanol–water partition coefficient (Wildman–Crippen LogP) is 3.87. The number of nitrogens with one attached hydrogen (secondary N) is 1. The Morgan fingerprint density at radius 3 is 1.89 bits per heavy atom. The average Bonchev–Trinajstić information content (AvgIpc) is 3.23. The van der Waals surface area contributed by atoms with Crippen LogP contribution in [0, 0.1) is 0 Å². The molecule has 138 valence electrons. The molecule has 0 saturated carbocycles. The quantitative estimate of drug-likeness (QED) is 0.702. The number of ether oxygens (including phenoxy) is 1. The largest absolute Gasteiger partial charge is 0.379 e. The monoisotopic (exact) mass is 359 g/mol. The van der Waals surface area contributed by atoms with Gasteiger partial charge in [-0.1, -0.05) is 91.0 Å². The number of hydrogen-bond acceptors (Lipinski definition) is 3. The van der Waals surface area contributed by atoms with Crippen molar-refractivity contribution in [2.24, 2.45) is 0 Å². The van der Waals surface area contributed by atoms with Gasteiger partial charge in [-0.25, -0.2) is 0 Å². The molecular weight excluding hydrogens is 334 g/mol. The van der Waals surface area contributed by atoms with Gasteiger partial charge in [0.1, 0.15) is 5.60 Å². The summed E-state index contributed by atoms with van der Waals surface area (Å²) in [6, 6.07) is 29.9. The van der Waals surface area contributed by atoms with Crippen LogP contribution in [0.4, 0.5) is 0 Å². The maximum atomic E-state index is 11.8. The van der Waals surface area contributed by atoms with Crippen LogP contribution in [-0.2, 0) is 16.9 Å². The molecule has 2 N–H and O–H groups in total. The molecule has 1 saturated heterocycles. The molecule has 2 atom stereocenters. The van der Waals surface area contributed by atoms with E-state index in [0.29, 0.717) is 6.61 Å². The lowest BCUT2D eigenvalue weighted by molar-refractivity contribution is 0.0229. The van der Waals surface area contributed by atoms with Crippen LogP contribution in [0.25, 0.3) is 0 Å². The fraction of sp³-hybridized carbons (Fsp3) is 0.250. The van der Waals surface area contributed by atoms with Crippen LogP contribution in [0.15, 0.2) is 91.0 Å². The van der Waals surface area contributed by atoms with Crippen molar-refractivity contribution >= 4 is 0 Å². The van der Waals surface area contributed by atoms with Gasteiger partial charge in [0.2, 0.25) is 0 Å². The SMILES string of the molecule is OC(c1ccccc1)(c1ccccc1)[C@@H]1C[C@@H](OCc2ccccc2)CN1. The summed E-state index contributed by atoms with van der Waals surface area (Å²) >= 11 is 0. The first-order chi connectivity index (χ1) is 13.3. The van der Waals surface area contributed by atoms with Crippen molar-refractivity contribution in [3.8, 4) is 0 Å². The van der Waals surface area contributed by atoms with Crippen LogP contribution in [0.2, 0.25) is 0 Å². The summed E-state index contributed by atoms with van der Waals surface area (Å²) in [7, 11) is 0. The molecule has 3 nitrogen and oxygen atoms in total. The van der Waals surface area contributed by atoms with E-state index in [4.69, 9.17) is 4.74 Å². The van der Waals surface area contributed by atoms with Crippen LogP contribution in [-0.4, -0.2) is 23.8 Å². The first-order valence-corrected chi connectivity index (χ1v) is 9.49. The maximum absolute atomic E-state index is 11.8. The standard InChI is InChI=1S/C24H25NO2/c26-24(20-12-6-2-7-13-20,21-14-8-3-9-15-21)23-16-22(17-25-23)27-18-19-10-4-1-5-11-19/h1-15,22-23,25-26H,16-18H2/t22-,23+/m1/s1. The number of rotatable bonds is 6. The van der Waals surface area contributed by atoms with E-state index in [1.165, 1.54) is 5.56 Å². The summed E-state index contributed by atoms with van der Waals surface area (Å²) in [5.74, 6) is 0. The Morgan fingerprint density at radius 2 is 1.33 bits per heavy atom. The molecule has 3 aromatic carbocycles. The van der Waals surface area contributed by atoms with Crippen molar-refractivity contribution in [1.82, 2.24) is 5.32 Å². The van der Waals surface area contributed by atoms with Crippen molar-refractivity contribution < 1.29 is 9.84 Å². The molecule has 4 rings (SSSR count). The summed E-state index contributed by atoms with van der Waals surface area (Å²) in [5.41, 5.74) is 1.88. The molecule has 0 unspecified atom stereocenters. The lowest BCUT2D eigenvalue weighted by Crippen LogP contribution is -2.46. The van der Waals surface area contributed by atoms with Gasteiger partial charge < -0.3 is 15.2 Å². The van der Waals surface area contributed by atoms with Crippen molar-refractivity contribution in [2.75, 3.05) is 6.54 Å². The van der Waals surface area contributed by atoms with Gasteiger partial charge in [0.15, 0.2) is 0 Å². The van der Waals surface area contributed by atoms with Gasteiger partial charge in [-0.15, -0.1) is 0 Å². The van der Waals surface area contributed by atoms with E-state index in [1.807, 2.05) is 78.9 Å². The van der Waals surface area contributed by atoms with Crippen LogP contribution in [0.1, 0.15) is 23.1 Å². The molecule has 1 aliphatic rings. The van der Waals surface area contributed by atoms with Gasteiger partial charge in [-0.2, -0.15) is 0 Å². The second kappa shape index (κ2) is 8.05. The number of hydrogen-bond donors (Lipinski definition) is 2. The fourth-order valence-corrected chi connectivity index (χ4v) is 3.89. The highest BCUT2D eigenvalue weighted by Crippen LogP contribution is 2.37. The fourth-order valence-electron chi connectivity index (χ4n) is 3.89. The summed E-state index contributed by atoms with van der Waals surface area (Å²) in [4.78, 5) is 0. The minimum Gasteiger partial charge on any atom is -0.379 e. The van der Waals surface area contributed by atoms with Gasteiger partial charge in [0.25, 0.3) is 0 Å². The molecule has 0 bridgehead atoms. The summed E-state index contributed by atoms with van der Waals surface area (Å²) < 4.78 is 6.11. The molecule has 1 fully saturated rings. The zero-order valence-electron chi connectivity index (χ0n) is 15.3. The van der Waals surface area contributed by atoms with Crippen LogP contribution in [0.3, 0.4) is 0 Å².